The standard InChI is InChI=1S/C20H18ClN5O2/c1-12-11-17(27)26-18(13-7-3-6-10-16(13)28-2)24-19(25-20(26)22-12)23-15-9-5-4-8-14(15)21/h3-11,18H,1-2H3,(H2,22,23,24,25). The number of benzene rings is 2. The smallest absolute Gasteiger partial charge is 0.257 e. The van der Waals surface area contributed by atoms with Crippen molar-refractivity contribution in [3.05, 3.63) is 81.2 Å². The van der Waals surface area contributed by atoms with Crippen molar-refractivity contribution in [1.82, 2.24) is 9.55 Å². The van der Waals surface area contributed by atoms with Crippen LogP contribution in [0, 0.1) is 6.92 Å². The molecular formula is C20H18ClN5O2. The molecule has 1 aliphatic heterocycles. The molecule has 28 heavy (non-hydrogen) atoms. The largest absolute Gasteiger partial charge is 0.496 e. The second-order valence-corrected chi connectivity index (χ2v) is 6.66. The summed E-state index contributed by atoms with van der Waals surface area (Å²) >= 11 is 6.26. The maximum atomic E-state index is 12.7. The lowest BCUT2D eigenvalue weighted by atomic mass is 10.1. The fourth-order valence-electron chi connectivity index (χ4n) is 3.09. The summed E-state index contributed by atoms with van der Waals surface area (Å²) in [6, 6.07) is 16.3. The van der Waals surface area contributed by atoms with E-state index in [1.807, 2.05) is 42.5 Å². The van der Waals surface area contributed by atoms with Gasteiger partial charge in [0, 0.05) is 17.3 Å². The minimum Gasteiger partial charge on any atom is -0.496 e. The van der Waals surface area contributed by atoms with E-state index in [4.69, 9.17) is 21.3 Å². The molecule has 1 aromatic heterocycles. The lowest BCUT2D eigenvalue weighted by Gasteiger charge is -2.28. The summed E-state index contributed by atoms with van der Waals surface area (Å²) in [5.74, 6) is 1.46. The Kier molecular flexibility index (Phi) is 4.75. The van der Waals surface area contributed by atoms with Gasteiger partial charge in [0.25, 0.3) is 5.56 Å². The van der Waals surface area contributed by atoms with Gasteiger partial charge >= 0.3 is 0 Å². The van der Waals surface area contributed by atoms with E-state index in [1.54, 1.807) is 20.1 Å². The number of aryl methyl sites for hydroxylation is 1. The zero-order valence-electron chi connectivity index (χ0n) is 15.3. The Bertz CT molecular complexity index is 1130. The minimum atomic E-state index is -0.641. The van der Waals surface area contributed by atoms with Crippen LogP contribution in [0.15, 0.2) is 64.4 Å². The van der Waals surface area contributed by atoms with Gasteiger partial charge in [0.1, 0.15) is 5.75 Å². The number of methoxy groups -OCH3 is 1. The first kappa shape index (κ1) is 18.1. The normalized spacial score (nSPS) is 15.2. The van der Waals surface area contributed by atoms with Gasteiger partial charge in [-0.25, -0.2) is 9.98 Å². The van der Waals surface area contributed by atoms with Gasteiger partial charge in [-0.05, 0) is 25.1 Å². The van der Waals surface area contributed by atoms with Crippen LogP contribution in [0.25, 0.3) is 0 Å². The molecule has 1 unspecified atom stereocenters. The number of aromatic nitrogens is 2. The summed E-state index contributed by atoms with van der Waals surface area (Å²) in [5.41, 5.74) is 1.85. The molecule has 4 rings (SSSR count). The Morgan fingerprint density at radius 1 is 1.18 bits per heavy atom. The fraction of sp³-hybridized carbons (Fsp3) is 0.150. The number of ether oxygens (including phenoxy) is 1. The molecule has 0 bridgehead atoms. The summed E-state index contributed by atoms with van der Waals surface area (Å²) in [7, 11) is 1.59. The molecule has 0 saturated carbocycles. The van der Waals surface area contributed by atoms with Crippen molar-refractivity contribution in [3.8, 4) is 5.75 Å². The van der Waals surface area contributed by atoms with Crippen LogP contribution in [0.5, 0.6) is 5.75 Å². The van der Waals surface area contributed by atoms with Crippen molar-refractivity contribution in [2.75, 3.05) is 17.7 Å². The van der Waals surface area contributed by atoms with Crippen molar-refractivity contribution in [2.24, 2.45) is 4.99 Å². The molecule has 0 aliphatic carbocycles. The Morgan fingerprint density at radius 2 is 1.93 bits per heavy atom. The number of nitrogens with zero attached hydrogens (tertiary/aromatic N) is 3. The van der Waals surface area contributed by atoms with Gasteiger partial charge in [0.05, 0.1) is 17.8 Å². The quantitative estimate of drug-likeness (QED) is 0.707. The van der Waals surface area contributed by atoms with Crippen LogP contribution < -0.4 is 20.9 Å². The van der Waals surface area contributed by atoms with Crippen molar-refractivity contribution in [1.29, 1.82) is 0 Å². The topological polar surface area (TPSA) is 80.5 Å². The van der Waals surface area contributed by atoms with E-state index < -0.39 is 6.17 Å². The Morgan fingerprint density at radius 3 is 2.71 bits per heavy atom. The number of hydrogen-bond acceptors (Lipinski definition) is 6. The molecule has 2 aromatic carbocycles. The van der Waals surface area contributed by atoms with E-state index in [0.29, 0.717) is 34.1 Å². The molecule has 142 valence electrons. The lowest BCUT2D eigenvalue weighted by molar-refractivity contribution is 0.401. The predicted octanol–water partition coefficient (Wildman–Crippen LogP) is 3.65. The molecule has 1 atom stereocenters. The van der Waals surface area contributed by atoms with Crippen LogP contribution >= 0.6 is 11.6 Å². The van der Waals surface area contributed by atoms with Crippen molar-refractivity contribution >= 4 is 29.2 Å². The number of rotatable bonds is 3. The molecule has 1 aliphatic rings. The number of anilines is 2. The average Bonchev–Trinajstić information content (AvgIpc) is 2.68. The Hall–Kier alpha value is -3.32. The number of para-hydroxylation sites is 2. The van der Waals surface area contributed by atoms with Crippen LogP contribution in [0.2, 0.25) is 5.02 Å². The lowest BCUT2D eigenvalue weighted by Crippen LogP contribution is -2.37. The van der Waals surface area contributed by atoms with Crippen molar-refractivity contribution < 1.29 is 4.74 Å². The number of guanidine groups is 1. The minimum absolute atomic E-state index is 0.202. The van der Waals surface area contributed by atoms with E-state index >= 15 is 0 Å². The Balaban J connectivity index is 1.85. The molecule has 3 aromatic rings. The van der Waals surface area contributed by atoms with Gasteiger partial charge in [-0.2, -0.15) is 0 Å². The second-order valence-electron chi connectivity index (χ2n) is 6.25. The zero-order valence-corrected chi connectivity index (χ0v) is 16.1. The fourth-order valence-corrected chi connectivity index (χ4v) is 3.27. The highest BCUT2D eigenvalue weighted by molar-refractivity contribution is 6.33. The first-order valence-electron chi connectivity index (χ1n) is 8.66. The number of fused-ring (bicyclic) bond motifs is 1. The number of halogens is 1. The van der Waals surface area contributed by atoms with Gasteiger partial charge < -0.3 is 10.1 Å². The summed E-state index contributed by atoms with van der Waals surface area (Å²) < 4.78 is 6.99. The van der Waals surface area contributed by atoms with Crippen molar-refractivity contribution in [2.45, 2.75) is 13.1 Å². The van der Waals surface area contributed by atoms with Gasteiger partial charge in [0.15, 0.2) is 6.17 Å². The van der Waals surface area contributed by atoms with Crippen LogP contribution in [0.1, 0.15) is 17.4 Å². The number of nitrogens with one attached hydrogen (secondary N) is 2. The summed E-state index contributed by atoms with van der Waals surface area (Å²) in [6.07, 6.45) is -0.641. The molecule has 0 saturated heterocycles. The summed E-state index contributed by atoms with van der Waals surface area (Å²) in [4.78, 5) is 21.9. The third kappa shape index (κ3) is 3.32. The highest BCUT2D eigenvalue weighted by Gasteiger charge is 2.27. The Labute approximate surface area is 166 Å². The monoisotopic (exact) mass is 395 g/mol. The summed E-state index contributed by atoms with van der Waals surface area (Å²) in [6.45, 7) is 1.77. The maximum Gasteiger partial charge on any atom is 0.257 e. The van der Waals surface area contributed by atoms with Gasteiger partial charge in [-0.1, -0.05) is 41.9 Å². The van der Waals surface area contributed by atoms with Crippen LogP contribution in [0.4, 0.5) is 11.6 Å². The predicted molar refractivity (Wildman–Crippen MR) is 110 cm³/mol. The van der Waals surface area contributed by atoms with Gasteiger partial charge in [-0.3, -0.25) is 14.7 Å². The van der Waals surface area contributed by atoms with Gasteiger partial charge in [0.2, 0.25) is 11.9 Å². The zero-order chi connectivity index (χ0) is 19.7. The van der Waals surface area contributed by atoms with Crippen LogP contribution in [-0.2, 0) is 0 Å². The number of hydrogen-bond donors (Lipinski definition) is 2. The van der Waals surface area contributed by atoms with Crippen molar-refractivity contribution in [3.63, 3.8) is 0 Å². The first-order chi connectivity index (χ1) is 13.6. The van der Waals surface area contributed by atoms with E-state index in [1.165, 1.54) is 10.6 Å². The molecule has 8 heteroatoms. The van der Waals surface area contributed by atoms with E-state index in [2.05, 4.69) is 15.6 Å². The maximum absolute atomic E-state index is 12.7. The highest BCUT2D eigenvalue weighted by atomic mass is 35.5. The highest BCUT2D eigenvalue weighted by Crippen LogP contribution is 2.32. The molecule has 0 radical (unpaired) electrons. The molecule has 0 fully saturated rings. The molecule has 7 nitrogen and oxygen atoms in total. The molecule has 2 N–H and O–H groups in total. The molecular weight excluding hydrogens is 378 g/mol. The van der Waals surface area contributed by atoms with E-state index in [-0.39, 0.29) is 5.56 Å². The second kappa shape index (κ2) is 7.36. The third-order valence-corrected chi connectivity index (χ3v) is 4.68. The third-order valence-electron chi connectivity index (χ3n) is 4.35. The van der Waals surface area contributed by atoms with E-state index in [0.717, 1.165) is 5.56 Å². The van der Waals surface area contributed by atoms with Crippen LogP contribution in [0.3, 0.4) is 0 Å². The molecule has 2 heterocycles. The summed E-state index contributed by atoms with van der Waals surface area (Å²) in [5, 5.41) is 6.82. The SMILES string of the molecule is COc1ccccc1C1N=C(Nc2ccccc2Cl)Nc2nc(C)cc(=O)n21. The molecule has 0 amide bonds. The number of aliphatic imine (C=N–C) groups is 1. The average molecular weight is 396 g/mol. The first-order valence-corrected chi connectivity index (χ1v) is 9.04. The van der Waals surface area contributed by atoms with Gasteiger partial charge in [-0.15, -0.1) is 0 Å². The molecule has 0 spiro atoms. The van der Waals surface area contributed by atoms with Crippen LogP contribution in [-0.4, -0.2) is 22.6 Å². The van der Waals surface area contributed by atoms with E-state index in [9.17, 15) is 4.79 Å².